The number of nitrogens with two attached hydrogens (primary N) is 1. The fraction of sp³-hybridized carbons (Fsp3) is 0.455. The van der Waals surface area contributed by atoms with Crippen LogP contribution in [0.4, 0.5) is 5.69 Å². The van der Waals surface area contributed by atoms with Crippen LogP contribution in [-0.2, 0) is 0 Å². The van der Waals surface area contributed by atoms with Gasteiger partial charge >= 0.3 is 0 Å². The minimum Gasteiger partial charge on any atom is -0.385 e. The highest BCUT2D eigenvalue weighted by Crippen LogP contribution is 2.39. The molecule has 0 bridgehead atoms. The van der Waals surface area contributed by atoms with Crippen LogP contribution in [-0.4, -0.2) is 12.6 Å². The molecule has 2 atom stereocenters. The van der Waals surface area contributed by atoms with Gasteiger partial charge in [0.25, 0.3) is 0 Å². The van der Waals surface area contributed by atoms with Crippen molar-refractivity contribution in [3.8, 4) is 0 Å². The van der Waals surface area contributed by atoms with Crippen molar-refractivity contribution < 1.29 is 0 Å². The molecule has 0 spiro atoms. The summed E-state index contributed by atoms with van der Waals surface area (Å²) in [5.74, 6) is 0.610. The first-order chi connectivity index (χ1) is 6.31. The highest BCUT2D eigenvalue weighted by molar-refractivity contribution is 5.47. The van der Waals surface area contributed by atoms with Crippen LogP contribution >= 0.6 is 0 Å². The van der Waals surface area contributed by atoms with Gasteiger partial charge in [-0.05, 0) is 31.0 Å². The van der Waals surface area contributed by atoms with Gasteiger partial charge in [0, 0.05) is 24.2 Å². The second-order valence-corrected chi connectivity index (χ2v) is 3.66. The topological polar surface area (TPSA) is 38.0 Å². The number of hydrogen-bond acceptors (Lipinski definition) is 2. The number of benzene rings is 1. The highest BCUT2D eigenvalue weighted by atomic mass is 14.8. The van der Waals surface area contributed by atoms with E-state index in [0.29, 0.717) is 12.0 Å². The highest BCUT2D eigenvalue weighted by Gasteiger charge is 2.34. The Balaban J connectivity index is 2.13. The fourth-order valence-electron chi connectivity index (χ4n) is 1.68. The lowest BCUT2D eigenvalue weighted by atomic mass is 10.1. The molecule has 0 heterocycles. The predicted molar refractivity (Wildman–Crippen MR) is 55.9 cm³/mol. The Bertz CT molecular complexity index is 296. The molecule has 0 aliphatic heterocycles. The standard InChI is InChI=1S/C11H16N2/c1-2-13-9-5-3-4-8(6-9)10-7-11(10)12/h3-6,10-11,13H,2,7,12H2,1H3. The van der Waals surface area contributed by atoms with Crippen LogP contribution in [0.1, 0.15) is 24.8 Å². The molecule has 0 saturated heterocycles. The summed E-state index contributed by atoms with van der Waals surface area (Å²) in [4.78, 5) is 0. The minimum absolute atomic E-state index is 0.400. The smallest absolute Gasteiger partial charge is 0.0342 e. The van der Waals surface area contributed by atoms with E-state index in [-0.39, 0.29) is 0 Å². The maximum absolute atomic E-state index is 5.80. The van der Waals surface area contributed by atoms with Crippen molar-refractivity contribution in [3.63, 3.8) is 0 Å². The monoisotopic (exact) mass is 176 g/mol. The minimum atomic E-state index is 0.400. The number of anilines is 1. The maximum atomic E-state index is 5.80. The molecule has 1 aliphatic rings. The Labute approximate surface area is 79.1 Å². The van der Waals surface area contributed by atoms with Crippen LogP contribution in [0.3, 0.4) is 0 Å². The molecule has 3 N–H and O–H groups in total. The molecule has 1 fully saturated rings. The van der Waals surface area contributed by atoms with Gasteiger partial charge in [0.2, 0.25) is 0 Å². The first-order valence-corrected chi connectivity index (χ1v) is 4.90. The van der Waals surface area contributed by atoms with E-state index in [9.17, 15) is 0 Å². The van der Waals surface area contributed by atoms with E-state index in [0.717, 1.165) is 13.0 Å². The first-order valence-electron chi connectivity index (χ1n) is 4.90. The molecular formula is C11H16N2. The molecule has 13 heavy (non-hydrogen) atoms. The Morgan fingerprint density at radius 2 is 2.31 bits per heavy atom. The molecule has 0 radical (unpaired) electrons. The first kappa shape index (κ1) is 8.57. The van der Waals surface area contributed by atoms with E-state index >= 15 is 0 Å². The normalized spacial score (nSPS) is 25.7. The molecule has 1 saturated carbocycles. The van der Waals surface area contributed by atoms with E-state index in [1.807, 2.05) is 0 Å². The molecule has 2 heteroatoms. The Morgan fingerprint density at radius 1 is 1.54 bits per heavy atom. The van der Waals surface area contributed by atoms with Crippen LogP contribution in [0.15, 0.2) is 24.3 Å². The van der Waals surface area contributed by atoms with Crippen LogP contribution < -0.4 is 11.1 Å². The Hall–Kier alpha value is -1.02. The molecule has 0 aromatic heterocycles. The van der Waals surface area contributed by atoms with Gasteiger partial charge in [-0.15, -0.1) is 0 Å². The van der Waals surface area contributed by atoms with E-state index in [1.165, 1.54) is 11.3 Å². The van der Waals surface area contributed by atoms with Crippen molar-refractivity contribution in [2.75, 3.05) is 11.9 Å². The van der Waals surface area contributed by atoms with Crippen molar-refractivity contribution >= 4 is 5.69 Å². The van der Waals surface area contributed by atoms with Crippen molar-refractivity contribution in [1.82, 2.24) is 0 Å². The average Bonchev–Trinajstić information content (AvgIpc) is 2.84. The summed E-state index contributed by atoms with van der Waals surface area (Å²) in [7, 11) is 0. The van der Waals surface area contributed by atoms with Gasteiger partial charge in [0.1, 0.15) is 0 Å². The lowest BCUT2D eigenvalue weighted by molar-refractivity contribution is 0.990. The van der Waals surface area contributed by atoms with E-state index in [2.05, 4.69) is 36.5 Å². The second-order valence-electron chi connectivity index (χ2n) is 3.66. The third kappa shape index (κ3) is 1.83. The lowest BCUT2D eigenvalue weighted by Crippen LogP contribution is -2.01. The van der Waals surface area contributed by atoms with Crippen molar-refractivity contribution in [1.29, 1.82) is 0 Å². The van der Waals surface area contributed by atoms with Gasteiger partial charge in [-0.3, -0.25) is 0 Å². The van der Waals surface area contributed by atoms with Crippen LogP contribution in [0.25, 0.3) is 0 Å². The zero-order valence-corrected chi connectivity index (χ0v) is 7.96. The summed E-state index contributed by atoms with van der Waals surface area (Å²) in [6, 6.07) is 8.97. The predicted octanol–water partition coefficient (Wildman–Crippen LogP) is 1.93. The summed E-state index contributed by atoms with van der Waals surface area (Å²) in [5, 5.41) is 3.30. The molecule has 2 unspecified atom stereocenters. The average molecular weight is 176 g/mol. The third-order valence-electron chi connectivity index (χ3n) is 2.54. The van der Waals surface area contributed by atoms with Gasteiger partial charge in [0.05, 0.1) is 0 Å². The van der Waals surface area contributed by atoms with Crippen molar-refractivity contribution in [2.24, 2.45) is 5.73 Å². The summed E-state index contributed by atoms with van der Waals surface area (Å²) >= 11 is 0. The largest absolute Gasteiger partial charge is 0.385 e. The molecule has 1 aromatic rings. The molecule has 0 amide bonds. The van der Waals surface area contributed by atoms with Crippen molar-refractivity contribution in [2.45, 2.75) is 25.3 Å². The van der Waals surface area contributed by atoms with Crippen LogP contribution in [0, 0.1) is 0 Å². The Kier molecular flexibility index (Phi) is 2.23. The van der Waals surface area contributed by atoms with Crippen LogP contribution in [0.5, 0.6) is 0 Å². The van der Waals surface area contributed by atoms with E-state index in [4.69, 9.17) is 5.73 Å². The SMILES string of the molecule is CCNc1cccc(C2CC2N)c1. The van der Waals surface area contributed by atoms with Gasteiger partial charge in [-0.2, -0.15) is 0 Å². The molecule has 2 rings (SSSR count). The second kappa shape index (κ2) is 3.38. The summed E-state index contributed by atoms with van der Waals surface area (Å²) in [6.07, 6.45) is 1.15. The third-order valence-corrected chi connectivity index (χ3v) is 2.54. The molecule has 2 nitrogen and oxygen atoms in total. The zero-order valence-electron chi connectivity index (χ0n) is 7.96. The lowest BCUT2D eigenvalue weighted by Gasteiger charge is -2.05. The van der Waals surface area contributed by atoms with Gasteiger partial charge in [-0.25, -0.2) is 0 Å². The summed E-state index contributed by atoms with van der Waals surface area (Å²) in [6.45, 7) is 3.08. The Morgan fingerprint density at radius 3 is 2.92 bits per heavy atom. The number of hydrogen-bond donors (Lipinski definition) is 2. The van der Waals surface area contributed by atoms with Gasteiger partial charge < -0.3 is 11.1 Å². The molecule has 1 aromatic carbocycles. The van der Waals surface area contributed by atoms with E-state index < -0.39 is 0 Å². The quantitative estimate of drug-likeness (QED) is 0.738. The molecule has 70 valence electrons. The van der Waals surface area contributed by atoms with Crippen molar-refractivity contribution in [3.05, 3.63) is 29.8 Å². The van der Waals surface area contributed by atoms with E-state index in [1.54, 1.807) is 0 Å². The number of rotatable bonds is 3. The fourth-order valence-corrected chi connectivity index (χ4v) is 1.68. The summed E-state index contributed by atoms with van der Waals surface area (Å²) in [5.41, 5.74) is 8.39. The van der Waals surface area contributed by atoms with Gasteiger partial charge in [0.15, 0.2) is 0 Å². The maximum Gasteiger partial charge on any atom is 0.0342 e. The van der Waals surface area contributed by atoms with Gasteiger partial charge in [-0.1, -0.05) is 12.1 Å². The van der Waals surface area contributed by atoms with Crippen LogP contribution in [0.2, 0.25) is 0 Å². The number of nitrogens with one attached hydrogen (secondary N) is 1. The molecular weight excluding hydrogens is 160 g/mol. The molecule has 1 aliphatic carbocycles. The summed E-state index contributed by atoms with van der Waals surface area (Å²) < 4.78 is 0. The zero-order chi connectivity index (χ0) is 9.26.